The maximum atomic E-state index is 12.8. The molecule has 0 atom stereocenters. The zero-order chi connectivity index (χ0) is 24.1. The zero-order valence-corrected chi connectivity index (χ0v) is 19.4. The molecule has 10 nitrogen and oxygen atoms in total. The third-order valence-electron chi connectivity index (χ3n) is 5.54. The number of benzene rings is 2. The van der Waals surface area contributed by atoms with Gasteiger partial charge in [0.25, 0.3) is 10.0 Å². The quantitative estimate of drug-likeness (QED) is 0.522. The molecule has 4 rings (SSSR count). The number of aromatic carboxylic acids is 1. The molecule has 0 amide bonds. The van der Waals surface area contributed by atoms with E-state index < -0.39 is 16.0 Å². The van der Waals surface area contributed by atoms with Crippen molar-refractivity contribution in [1.82, 2.24) is 9.97 Å². The molecular weight excluding hydrogens is 458 g/mol. The highest BCUT2D eigenvalue weighted by Crippen LogP contribution is 2.27. The molecule has 2 N–H and O–H groups in total. The van der Waals surface area contributed by atoms with E-state index in [9.17, 15) is 18.3 Å². The summed E-state index contributed by atoms with van der Waals surface area (Å²) in [4.78, 5) is 24.8. The number of hydrogen-bond donors (Lipinski definition) is 2. The standard InChI is InChI=1S/C23H25N5O5S/c1-33-18-5-7-19(8-6-18)34(31,32)26-21-9-4-17(16-20(21)22(29)30)27-12-3-13-28(15-14-27)23-24-10-2-11-25-23/h2,4-11,16,26H,3,12-15H2,1H3,(H,29,30). The summed E-state index contributed by atoms with van der Waals surface area (Å²) in [6.45, 7) is 2.83. The molecule has 0 saturated carbocycles. The molecule has 0 aliphatic carbocycles. The smallest absolute Gasteiger partial charge is 0.337 e. The minimum atomic E-state index is -3.98. The minimum absolute atomic E-state index is 0.00111. The molecule has 1 aliphatic rings. The van der Waals surface area contributed by atoms with Gasteiger partial charge >= 0.3 is 5.97 Å². The maximum Gasteiger partial charge on any atom is 0.337 e. The molecular formula is C23H25N5O5S. The molecule has 0 unspecified atom stereocenters. The summed E-state index contributed by atoms with van der Waals surface area (Å²) in [6.07, 6.45) is 4.25. The van der Waals surface area contributed by atoms with Crippen LogP contribution in [0.3, 0.4) is 0 Å². The lowest BCUT2D eigenvalue weighted by molar-refractivity contribution is 0.0698. The van der Waals surface area contributed by atoms with E-state index in [0.717, 1.165) is 19.5 Å². The van der Waals surface area contributed by atoms with Crippen LogP contribution in [0.15, 0.2) is 65.8 Å². The average molecular weight is 484 g/mol. The fraction of sp³-hybridized carbons (Fsp3) is 0.261. The lowest BCUT2D eigenvalue weighted by Crippen LogP contribution is -2.31. The number of carbonyl (C=O) groups is 1. The third-order valence-corrected chi connectivity index (χ3v) is 6.93. The minimum Gasteiger partial charge on any atom is -0.497 e. The maximum absolute atomic E-state index is 12.8. The molecule has 0 spiro atoms. The second-order valence-electron chi connectivity index (χ2n) is 7.69. The van der Waals surface area contributed by atoms with Crippen LogP contribution >= 0.6 is 0 Å². The average Bonchev–Trinajstić information content (AvgIpc) is 3.11. The van der Waals surface area contributed by atoms with Crippen molar-refractivity contribution < 1.29 is 23.1 Å². The highest BCUT2D eigenvalue weighted by molar-refractivity contribution is 7.92. The number of methoxy groups -OCH3 is 1. The highest BCUT2D eigenvalue weighted by atomic mass is 32.2. The van der Waals surface area contributed by atoms with Crippen molar-refractivity contribution in [2.75, 3.05) is 47.8 Å². The van der Waals surface area contributed by atoms with Gasteiger partial charge in [0.1, 0.15) is 5.75 Å². The van der Waals surface area contributed by atoms with Crippen LogP contribution in [-0.4, -0.2) is 62.8 Å². The fourth-order valence-corrected chi connectivity index (χ4v) is 4.86. The fourth-order valence-electron chi connectivity index (χ4n) is 3.78. The van der Waals surface area contributed by atoms with E-state index in [1.54, 1.807) is 24.5 Å². The topological polar surface area (TPSA) is 125 Å². The van der Waals surface area contributed by atoms with Crippen molar-refractivity contribution in [1.29, 1.82) is 0 Å². The molecule has 34 heavy (non-hydrogen) atoms. The van der Waals surface area contributed by atoms with E-state index in [1.807, 2.05) is 0 Å². The zero-order valence-electron chi connectivity index (χ0n) is 18.6. The van der Waals surface area contributed by atoms with Crippen molar-refractivity contribution in [3.8, 4) is 5.75 Å². The van der Waals surface area contributed by atoms with E-state index in [1.165, 1.54) is 43.5 Å². The SMILES string of the molecule is COc1ccc(S(=O)(=O)Nc2ccc(N3CCCN(c4ncccn4)CC3)cc2C(=O)O)cc1. The molecule has 1 aromatic heterocycles. The molecule has 0 radical (unpaired) electrons. The predicted octanol–water partition coefficient (Wildman–Crippen LogP) is 2.70. The van der Waals surface area contributed by atoms with Crippen LogP contribution in [-0.2, 0) is 10.0 Å². The first-order chi connectivity index (χ1) is 16.4. The summed E-state index contributed by atoms with van der Waals surface area (Å²) in [7, 11) is -2.49. The Balaban J connectivity index is 1.54. The van der Waals surface area contributed by atoms with E-state index in [-0.39, 0.29) is 16.1 Å². The molecule has 2 aromatic carbocycles. The Morgan fingerprint density at radius 2 is 1.68 bits per heavy atom. The molecule has 11 heteroatoms. The molecule has 2 heterocycles. The van der Waals surface area contributed by atoms with Gasteiger partial charge in [-0.25, -0.2) is 23.2 Å². The summed E-state index contributed by atoms with van der Waals surface area (Å²) in [5, 5.41) is 9.78. The van der Waals surface area contributed by atoms with E-state index >= 15 is 0 Å². The van der Waals surface area contributed by atoms with Gasteiger partial charge in [-0.15, -0.1) is 0 Å². The third kappa shape index (κ3) is 5.20. The van der Waals surface area contributed by atoms with Crippen LogP contribution in [0, 0.1) is 0 Å². The summed E-state index contributed by atoms with van der Waals surface area (Å²) >= 11 is 0. The monoisotopic (exact) mass is 483 g/mol. The molecule has 1 saturated heterocycles. The predicted molar refractivity (Wildman–Crippen MR) is 128 cm³/mol. The summed E-state index contributed by atoms with van der Waals surface area (Å²) in [6, 6.07) is 12.3. The first-order valence-electron chi connectivity index (χ1n) is 10.7. The molecule has 3 aromatic rings. The summed E-state index contributed by atoms with van der Waals surface area (Å²) in [5.41, 5.74) is 0.587. The van der Waals surface area contributed by atoms with Crippen LogP contribution < -0.4 is 19.3 Å². The van der Waals surface area contributed by atoms with Gasteiger partial charge in [0.15, 0.2) is 0 Å². The number of aromatic nitrogens is 2. The first-order valence-corrected chi connectivity index (χ1v) is 12.2. The Morgan fingerprint density at radius 1 is 1.00 bits per heavy atom. The molecule has 1 aliphatic heterocycles. The number of carboxylic acid groups (broad SMARTS) is 1. The van der Waals surface area contributed by atoms with Crippen LogP contribution in [0.1, 0.15) is 16.8 Å². The van der Waals surface area contributed by atoms with Gasteiger partial charge in [0.2, 0.25) is 5.95 Å². The number of nitrogens with one attached hydrogen (secondary N) is 1. The van der Waals surface area contributed by atoms with Gasteiger partial charge in [0.05, 0.1) is 23.3 Å². The van der Waals surface area contributed by atoms with Crippen molar-refractivity contribution in [2.24, 2.45) is 0 Å². The Morgan fingerprint density at radius 3 is 2.35 bits per heavy atom. The Bertz CT molecular complexity index is 1250. The van der Waals surface area contributed by atoms with Gasteiger partial charge in [0, 0.05) is 44.3 Å². The number of rotatable bonds is 7. The largest absolute Gasteiger partial charge is 0.497 e. The number of ether oxygens (including phenoxy) is 1. The van der Waals surface area contributed by atoms with Crippen LogP contribution in [0.5, 0.6) is 5.75 Å². The number of hydrogen-bond acceptors (Lipinski definition) is 8. The number of anilines is 3. The Hall–Kier alpha value is -3.86. The van der Waals surface area contributed by atoms with E-state index in [0.29, 0.717) is 30.5 Å². The van der Waals surface area contributed by atoms with Gasteiger partial charge in [-0.05, 0) is 55.0 Å². The second-order valence-corrected chi connectivity index (χ2v) is 9.37. The normalized spacial score (nSPS) is 14.4. The number of sulfonamides is 1. The van der Waals surface area contributed by atoms with Gasteiger partial charge in [-0.2, -0.15) is 0 Å². The molecule has 178 valence electrons. The van der Waals surface area contributed by atoms with Crippen molar-refractivity contribution >= 4 is 33.3 Å². The van der Waals surface area contributed by atoms with E-state index in [4.69, 9.17) is 4.74 Å². The van der Waals surface area contributed by atoms with Gasteiger partial charge in [-0.1, -0.05) is 0 Å². The highest BCUT2D eigenvalue weighted by Gasteiger charge is 2.22. The second kappa shape index (κ2) is 9.96. The van der Waals surface area contributed by atoms with Gasteiger partial charge < -0.3 is 19.6 Å². The number of carboxylic acids is 1. The number of nitrogens with zero attached hydrogens (tertiary/aromatic N) is 4. The Kier molecular flexibility index (Phi) is 6.82. The Labute approximate surface area is 197 Å². The lowest BCUT2D eigenvalue weighted by atomic mass is 10.1. The summed E-state index contributed by atoms with van der Waals surface area (Å²) < 4.78 is 33.1. The van der Waals surface area contributed by atoms with Crippen molar-refractivity contribution in [2.45, 2.75) is 11.3 Å². The van der Waals surface area contributed by atoms with Crippen molar-refractivity contribution in [3.05, 3.63) is 66.5 Å². The van der Waals surface area contributed by atoms with Crippen LogP contribution in [0.25, 0.3) is 0 Å². The van der Waals surface area contributed by atoms with Gasteiger partial charge in [-0.3, -0.25) is 4.72 Å². The molecule has 1 fully saturated rings. The van der Waals surface area contributed by atoms with Crippen LogP contribution in [0.4, 0.5) is 17.3 Å². The first kappa shape index (κ1) is 23.3. The lowest BCUT2D eigenvalue weighted by Gasteiger charge is -2.24. The summed E-state index contributed by atoms with van der Waals surface area (Å²) in [5.74, 6) is -0.0355. The van der Waals surface area contributed by atoms with E-state index in [2.05, 4.69) is 24.5 Å². The molecule has 0 bridgehead atoms. The van der Waals surface area contributed by atoms with Crippen molar-refractivity contribution in [3.63, 3.8) is 0 Å². The van der Waals surface area contributed by atoms with Crippen LogP contribution in [0.2, 0.25) is 0 Å².